The molecular formula is C8H7Cl2. The van der Waals surface area contributed by atoms with E-state index in [1.165, 1.54) is 0 Å². The van der Waals surface area contributed by atoms with Gasteiger partial charge in [-0.1, -0.05) is 6.07 Å². The van der Waals surface area contributed by atoms with Crippen molar-refractivity contribution < 1.29 is 0 Å². The van der Waals surface area contributed by atoms with Crippen molar-refractivity contribution in [1.29, 1.82) is 0 Å². The predicted molar refractivity (Wildman–Crippen MR) is 44.4 cm³/mol. The monoisotopic (exact) mass is 173 g/mol. The molecule has 0 nitrogen and oxygen atoms in total. The lowest BCUT2D eigenvalue weighted by atomic mass is 10.2. The fraction of sp³-hybridized carbons (Fsp3) is 0.250. The zero-order valence-corrected chi connectivity index (χ0v) is 6.91. The van der Waals surface area contributed by atoms with Gasteiger partial charge in [-0.3, -0.25) is 0 Å². The highest BCUT2D eigenvalue weighted by Crippen LogP contribution is 2.08. The molecule has 0 aromatic heterocycles. The average molecular weight is 174 g/mol. The van der Waals surface area contributed by atoms with Crippen LogP contribution in [-0.2, 0) is 11.8 Å². The standard InChI is InChI=1S/C8H7Cl2/c9-5-7-2-1-3-8(4-7)6-10/h2-4H,5-6H2. The Bertz CT molecular complexity index is 189. The summed E-state index contributed by atoms with van der Waals surface area (Å²) in [5.41, 5.74) is 2.14. The number of hydrogen-bond acceptors (Lipinski definition) is 0. The molecule has 1 rings (SSSR count). The van der Waals surface area contributed by atoms with Crippen LogP contribution in [-0.4, -0.2) is 0 Å². The van der Waals surface area contributed by atoms with Gasteiger partial charge in [0.15, 0.2) is 0 Å². The maximum absolute atomic E-state index is 5.59. The number of halogens is 2. The second-order valence-electron chi connectivity index (χ2n) is 2.02. The van der Waals surface area contributed by atoms with Gasteiger partial charge in [-0.25, -0.2) is 0 Å². The largest absolute Gasteiger partial charge is 0.122 e. The zero-order chi connectivity index (χ0) is 7.40. The molecule has 0 spiro atoms. The highest BCUT2D eigenvalue weighted by atomic mass is 35.5. The van der Waals surface area contributed by atoms with Gasteiger partial charge < -0.3 is 0 Å². The van der Waals surface area contributed by atoms with Crippen molar-refractivity contribution in [2.75, 3.05) is 0 Å². The van der Waals surface area contributed by atoms with Crippen LogP contribution >= 0.6 is 23.2 Å². The van der Waals surface area contributed by atoms with E-state index in [2.05, 4.69) is 6.07 Å². The fourth-order valence-electron chi connectivity index (χ4n) is 0.732. The second kappa shape index (κ2) is 3.85. The summed E-state index contributed by atoms with van der Waals surface area (Å²) in [7, 11) is 0. The molecule has 0 heterocycles. The van der Waals surface area contributed by atoms with Crippen molar-refractivity contribution in [3.8, 4) is 0 Å². The van der Waals surface area contributed by atoms with Gasteiger partial charge in [0.25, 0.3) is 0 Å². The van der Waals surface area contributed by atoms with Crippen molar-refractivity contribution in [3.63, 3.8) is 0 Å². The van der Waals surface area contributed by atoms with E-state index in [-0.39, 0.29) is 0 Å². The van der Waals surface area contributed by atoms with Gasteiger partial charge in [0, 0.05) is 11.8 Å². The summed E-state index contributed by atoms with van der Waals surface area (Å²) < 4.78 is 0. The van der Waals surface area contributed by atoms with Crippen LogP contribution in [0.4, 0.5) is 0 Å². The average Bonchev–Trinajstić information content (AvgIpc) is 2.05. The van der Waals surface area contributed by atoms with E-state index < -0.39 is 0 Å². The lowest BCUT2D eigenvalue weighted by Gasteiger charge is -1.96. The SMILES string of the molecule is ClCc1c[c]cc(CCl)c1. The van der Waals surface area contributed by atoms with Crippen molar-refractivity contribution in [1.82, 2.24) is 0 Å². The van der Waals surface area contributed by atoms with Gasteiger partial charge in [0.2, 0.25) is 0 Å². The third-order valence-electron chi connectivity index (χ3n) is 1.22. The van der Waals surface area contributed by atoms with E-state index in [1.54, 1.807) is 0 Å². The van der Waals surface area contributed by atoms with E-state index in [0.717, 1.165) is 11.1 Å². The third kappa shape index (κ3) is 1.89. The minimum Gasteiger partial charge on any atom is -0.122 e. The number of alkyl halides is 2. The molecule has 0 unspecified atom stereocenters. The Morgan fingerprint density at radius 1 is 1.10 bits per heavy atom. The molecule has 53 valence electrons. The Labute approximate surface area is 70.8 Å². The molecular weight excluding hydrogens is 167 g/mol. The summed E-state index contributed by atoms with van der Waals surface area (Å²) in [5.74, 6) is 1.06. The first-order chi connectivity index (χ1) is 4.86. The molecule has 0 aliphatic rings. The van der Waals surface area contributed by atoms with Crippen LogP contribution in [0, 0.1) is 6.07 Å². The predicted octanol–water partition coefficient (Wildman–Crippen LogP) is 2.96. The first-order valence-electron chi connectivity index (χ1n) is 2.97. The van der Waals surface area contributed by atoms with E-state index in [9.17, 15) is 0 Å². The summed E-state index contributed by atoms with van der Waals surface area (Å²) in [5, 5.41) is 0. The van der Waals surface area contributed by atoms with E-state index in [4.69, 9.17) is 23.2 Å². The molecule has 0 amide bonds. The van der Waals surface area contributed by atoms with Gasteiger partial charge in [0.05, 0.1) is 0 Å². The lowest BCUT2D eigenvalue weighted by molar-refractivity contribution is 1.31. The maximum atomic E-state index is 5.59. The van der Waals surface area contributed by atoms with Crippen LogP contribution < -0.4 is 0 Å². The first kappa shape index (κ1) is 7.90. The molecule has 0 saturated carbocycles. The quantitative estimate of drug-likeness (QED) is 0.604. The molecule has 2 heteroatoms. The molecule has 0 N–H and O–H groups in total. The molecule has 1 radical (unpaired) electrons. The minimum absolute atomic E-state index is 0.529. The minimum atomic E-state index is 0.529. The number of benzene rings is 1. The molecule has 1 aromatic rings. The van der Waals surface area contributed by atoms with E-state index in [1.807, 2.05) is 18.2 Å². The highest BCUT2D eigenvalue weighted by Gasteiger charge is 1.91. The molecule has 0 aliphatic heterocycles. The van der Waals surface area contributed by atoms with Crippen LogP contribution in [0.1, 0.15) is 11.1 Å². The Balaban J connectivity index is 2.87. The summed E-state index contributed by atoms with van der Waals surface area (Å²) in [4.78, 5) is 0. The van der Waals surface area contributed by atoms with Crippen molar-refractivity contribution in [2.45, 2.75) is 11.8 Å². The molecule has 0 aliphatic carbocycles. The number of rotatable bonds is 2. The summed E-state index contributed by atoms with van der Waals surface area (Å²) >= 11 is 11.2. The van der Waals surface area contributed by atoms with Gasteiger partial charge in [-0.05, 0) is 29.3 Å². The van der Waals surface area contributed by atoms with Gasteiger partial charge in [-0.2, -0.15) is 0 Å². The van der Waals surface area contributed by atoms with Crippen LogP contribution in [0.25, 0.3) is 0 Å². The Hall–Kier alpha value is -0.200. The Morgan fingerprint density at radius 2 is 1.60 bits per heavy atom. The lowest BCUT2D eigenvalue weighted by Crippen LogP contribution is -1.81. The topological polar surface area (TPSA) is 0 Å². The van der Waals surface area contributed by atoms with E-state index in [0.29, 0.717) is 11.8 Å². The molecule has 1 aromatic carbocycles. The number of hydrogen-bond donors (Lipinski definition) is 0. The van der Waals surface area contributed by atoms with Crippen molar-refractivity contribution >= 4 is 23.2 Å². The second-order valence-corrected chi connectivity index (χ2v) is 2.55. The smallest absolute Gasteiger partial charge is 0.0474 e. The molecule has 0 fully saturated rings. The molecule has 0 saturated heterocycles. The molecule has 10 heavy (non-hydrogen) atoms. The van der Waals surface area contributed by atoms with Crippen LogP contribution in [0.3, 0.4) is 0 Å². The summed E-state index contributed by atoms with van der Waals surface area (Å²) in [6.45, 7) is 0. The third-order valence-corrected chi connectivity index (χ3v) is 1.83. The van der Waals surface area contributed by atoms with Crippen LogP contribution in [0.2, 0.25) is 0 Å². The first-order valence-corrected chi connectivity index (χ1v) is 4.04. The maximum Gasteiger partial charge on any atom is 0.0474 e. The Morgan fingerprint density at radius 3 is 2.00 bits per heavy atom. The normalized spacial score (nSPS) is 9.80. The van der Waals surface area contributed by atoms with Crippen LogP contribution in [0.5, 0.6) is 0 Å². The van der Waals surface area contributed by atoms with Crippen molar-refractivity contribution in [3.05, 3.63) is 35.4 Å². The fourth-order valence-corrected chi connectivity index (χ4v) is 1.04. The van der Waals surface area contributed by atoms with Gasteiger partial charge >= 0.3 is 0 Å². The summed E-state index contributed by atoms with van der Waals surface area (Å²) in [6, 6.07) is 8.67. The zero-order valence-electron chi connectivity index (χ0n) is 5.40. The van der Waals surface area contributed by atoms with E-state index >= 15 is 0 Å². The molecule has 0 atom stereocenters. The van der Waals surface area contributed by atoms with Crippen LogP contribution in [0.15, 0.2) is 18.2 Å². The highest BCUT2D eigenvalue weighted by molar-refractivity contribution is 6.17. The van der Waals surface area contributed by atoms with Gasteiger partial charge in [0.1, 0.15) is 0 Å². The molecule has 0 bridgehead atoms. The Kier molecular flexibility index (Phi) is 3.04. The van der Waals surface area contributed by atoms with Gasteiger partial charge in [-0.15, -0.1) is 23.2 Å². The van der Waals surface area contributed by atoms with Crippen molar-refractivity contribution in [2.24, 2.45) is 0 Å². The summed E-state index contributed by atoms with van der Waals surface area (Å²) in [6.07, 6.45) is 0.